The van der Waals surface area contributed by atoms with E-state index in [0.29, 0.717) is 6.61 Å². The van der Waals surface area contributed by atoms with Crippen LogP contribution in [0.3, 0.4) is 0 Å². The van der Waals surface area contributed by atoms with Crippen LogP contribution >= 0.6 is 0 Å². The molecular weight excluding hydrogens is 156 g/mol. The van der Waals surface area contributed by atoms with Crippen molar-refractivity contribution < 1.29 is 14.6 Å². The van der Waals surface area contributed by atoms with E-state index in [-0.39, 0.29) is 18.3 Å². The highest BCUT2D eigenvalue weighted by Crippen LogP contribution is 2.04. The van der Waals surface area contributed by atoms with Gasteiger partial charge in [0.15, 0.2) is 0 Å². The lowest BCUT2D eigenvalue weighted by atomic mass is 10.0. The number of aliphatic hydroxyl groups is 1. The maximum absolute atomic E-state index is 10.8. The van der Waals surface area contributed by atoms with Gasteiger partial charge in [0.25, 0.3) is 0 Å². The third kappa shape index (κ3) is 4.46. The fourth-order valence-electron chi connectivity index (χ4n) is 0.764. The standard InChI is InChI=1S/C9H18O3/c1-4-5-12-6-9(11)7(2)8(3)10/h7,9,11H,4-6H2,1-3H3/t7-,9-/m1/s1. The number of ketones is 1. The van der Waals surface area contributed by atoms with Crippen LogP contribution in [0.2, 0.25) is 0 Å². The number of aliphatic hydroxyl groups excluding tert-OH is 1. The van der Waals surface area contributed by atoms with Crippen molar-refractivity contribution in [1.82, 2.24) is 0 Å². The Kier molecular flexibility index (Phi) is 5.93. The Bertz CT molecular complexity index is 134. The van der Waals surface area contributed by atoms with Crippen molar-refractivity contribution in [3.63, 3.8) is 0 Å². The van der Waals surface area contributed by atoms with Gasteiger partial charge in [-0.1, -0.05) is 13.8 Å². The number of carbonyl (C=O) groups excluding carboxylic acids is 1. The average molecular weight is 174 g/mol. The first-order valence-electron chi connectivity index (χ1n) is 4.35. The molecule has 0 radical (unpaired) electrons. The van der Waals surface area contributed by atoms with E-state index in [0.717, 1.165) is 6.42 Å². The van der Waals surface area contributed by atoms with E-state index >= 15 is 0 Å². The van der Waals surface area contributed by atoms with E-state index in [2.05, 4.69) is 0 Å². The number of hydrogen-bond acceptors (Lipinski definition) is 3. The van der Waals surface area contributed by atoms with Crippen LogP contribution in [0.15, 0.2) is 0 Å². The first kappa shape index (κ1) is 11.6. The smallest absolute Gasteiger partial charge is 0.135 e. The van der Waals surface area contributed by atoms with Crippen LogP contribution < -0.4 is 0 Å². The summed E-state index contributed by atoms with van der Waals surface area (Å²) < 4.78 is 5.11. The monoisotopic (exact) mass is 174 g/mol. The van der Waals surface area contributed by atoms with Gasteiger partial charge in [-0.2, -0.15) is 0 Å². The number of hydrogen-bond donors (Lipinski definition) is 1. The summed E-state index contributed by atoms with van der Waals surface area (Å²) in [7, 11) is 0. The summed E-state index contributed by atoms with van der Waals surface area (Å²) in [5.41, 5.74) is 0. The first-order valence-corrected chi connectivity index (χ1v) is 4.35. The second-order valence-electron chi connectivity index (χ2n) is 3.04. The van der Waals surface area contributed by atoms with Crippen LogP contribution in [0.25, 0.3) is 0 Å². The van der Waals surface area contributed by atoms with Crippen molar-refractivity contribution in [1.29, 1.82) is 0 Å². The molecule has 0 aliphatic rings. The maximum atomic E-state index is 10.8. The molecule has 0 heterocycles. The Balaban J connectivity index is 3.56. The highest BCUT2D eigenvalue weighted by molar-refractivity contribution is 5.78. The minimum atomic E-state index is -0.658. The van der Waals surface area contributed by atoms with Crippen molar-refractivity contribution in [3.05, 3.63) is 0 Å². The molecule has 0 rings (SSSR count). The van der Waals surface area contributed by atoms with E-state index in [1.165, 1.54) is 6.92 Å². The number of carbonyl (C=O) groups is 1. The fraction of sp³-hybridized carbons (Fsp3) is 0.889. The molecule has 12 heavy (non-hydrogen) atoms. The Labute approximate surface area is 73.7 Å². The van der Waals surface area contributed by atoms with E-state index < -0.39 is 6.10 Å². The molecule has 72 valence electrons. The van der Waals surface area contributed by atoms with Gasteiger partial charge in [-0.25, -0.2) is 0 Å². The average Bonchev–Trinajstić information content (AvgIpc) is 2.03. The summed E-state index contributed by atoms with van der Waals surface area (Å²) in [5, 5.41) is 9.37. The molecule has 0 fully saturated rings. The largest absolute Gasteiger partial charge is 0.390 e. The van der Waals surface area contributed by atoms with Crippen molar-refractivity contribution in [2.45, 2.75) is 33.3 Å². The minimum Gasteiger partial charge on any atom is -0.390 e. The molecule has 0 saturated heterocycles. The zero-order valence-corrected chi connectivity index (χ0v) is 8.04. The molecule has 0 aliphatic heterocycles. The summed E-state index contributed by atoms with van der Waals surface area (Å²) in [6, 6.07) is 0. The molecule has 0 aromatic carbocycles. The second-order valence-corrected chi connectivity index (χ2v) is 3.04. The molecule has 0 unspecified atom stereocenters. The summed E-state index contributed by atoms with van der Waals surface area (Å²) in [6.07, 6.45) is 0.273. The Morgan fingerprint density at radius 1 is 1.58 bits per heavy atom. The Morgan fingerprint density at radius 2 is 2.17 bits per heavy atom. The molecular formula is C9H18O3. The van der Waals surface area contributed by atoms with Crippen LogP contribution in [0.5, 0.6) is 0 Å². The fourth-order valence-corrected chi connectivity index (χ4v) is 0.764. The molecule has 0 aliphatic carbocycles. The summed E-state index contributed by atoms with van der Waals surface area (Å²) in [6.45, 7) is 6.09. The number of ether oxygens (including phenoxy) is 1. The van der Waals surface area contributed by atoms with Crippen LogP contribution in [0.1, 0.15) is 27.2 Å². The zero-order chi connectivity index (χ0) is 9.56. The quantitative estimate of drug-likeness (QED) is 0.611. The minimum absolute atomic E-state index is 0.00241. The maximum Gasteiger partial charge on any atom is 0.135 e. The van der Waals surface area contributed by atoms with Crippen LogP contribution in [0.4, 0.5) is 0 Å². The van der Waals surface area contributed by atoms with Crippen molar-refractivity contribution in [2.75, 3.05) is 13.2 Å². The molecule has 0 spiro atoms. The second kappa shape index (κ2) is 6.14. The predicted molar refractivity (Wildman–Crippen MR) is 47.0 cm³/mol. The normalized spacial score (nSPS) is 15.7. The van der Waals surface area contributed by atoms with E-state index in [9.17, 15) is 9.90 Å². The molecule has 3 heteroatoms. The van der Waals surface area contributed by atoms with Gasteiger partial charge in [0.2, 0.25) is 0 Å². The van der Waals surface area contributed by atoms with Gasteiger partial charge in [0.1, 0.15) is 5.78 Å². The van der Waals surface area contributed by atoms with Crippen LogP contribution in [-0.2, 0) is 9.53 Å². The van der Waals surface area contributed by atoms with Crippen LogP contribution in [0, 0.1) is 5.92 Å². The summed E-state index contributed by atoms with van der Waals surface area (Å²) >= 11 is 0. The van der Waals surface area contributed by atoms with Crippen LogP contribution in [-0.4, -0.2) is 30.2 Å². The lowest BCUT2D eigenvalue weighted by Crippen LogP contribution is -2.28. The summed E-state index contributed by atoms with van der Waals surface area (Å²) in [4.78, 5) is 10.8. The lowest BCUT2D eigenvalue weighted by Gasteiger charge is -2.15. The molecule has 0 aromatic heterocycles. The van der Waals surface area contributed by atoms with Gasteiger partial charge in [-0.15, -0.1) is 0 Å². The van der Waals surface area contributed by atoms with Crippen molar-refractivity contribution in [3.8, 4) is 0 Å². The van der Waals surface area contributed by atoms with Gasteiger partial charge in [0.05, 0.1) is 12.7 Å². The highest BCUT2D eigenvalue weighted by atomic mass is 16.5. The van der Waals surface area contributed by atoms with Crippen molar-refractivity contribution >= 4 is 5.78 Å². The lowest BCUT2D eigenvalue weighted by molar-refractivity contribution is -0.125. The SMILES string of the molecule is CCCOC[C@@H](O)[C@H](C)C(C)=O. The molecule has 2 atom stereocenters. The first-order chi connectivity index (χ1) is 5.59. The van der Waals surface area contributed by atoms with Gasteiger partial charge in [-0.3, -0.25) is 4.79 Å². The van der Waals surface area contributed by atoms with Gasteiger partial charge in [0, 0.05) is 12.5 Å². The van der Waals surface area contributed by atoms with Gasteiger partial charge >= 0.3 is 0 Å². The van der Waals surface area contributed by atoms with Gasteiger partial charge in [-0.05, 0) is 13.3 Å². The molecule has 0 amide bonds. The highest BCUT2D eigenvalue weighted by Gasteiger charge is 2.17. The molecule has 1 N–H and O–H groups in total. The van der Waals surface area contributed by atoms with E-state index in [1.54, 1.807) is 6.92 Å². The molecule has 0 saturated carbocycles. The third-order valence-corrected chi connectivity index (χ3v) is 1.86. The number of Topliss-reactive ketones (excluding diaryl/α,β-unsaturated/α-hetero) is 1. The van der Waals surface area contributed by atoms with Crippen molar-refractivity contribution in [2.24, 2.45) is 5.92 Å². The molecule has 3 nitrogen and oxygen atoms in total. The number of rotatable bonds is 6. The van der Waals surface area contributed by atoms with Gasteiger partial charge < -0.3 is 9.84 Å². The Hall–Kier alpha value is -0.410. The van der Waals surface area contributed by atoms with E-state index in [1.807, 2.05) is 6.92 Å². The Morgan fingerprint density at radius 3 is 2.58 bits per heavy atom. The predicted octanol–water partition coefficient (Wildman–Crippen LogP) is 0.999. The molecule has 0 bridgehead atoms. The summed E-state index contributed by atoms with van der Waals surface area (Å²) in [5.74, 6) is -0.315. The third-order valence-electron chi connectivity index (χ3n) is 1.86. The topological polar surface area (TPSA) is 46.5 Å². The zero-order valence-electron chi connectivity index (χ0n) is 8.04. The van der Waals surface area contributed by atoms with E-state index in [4.69, 9.17) is 4.74 Å². The molecule has 0 aromatic rings.